The Morgan fingerprint density at radius 3 is 3.08 bits per heavy atom. The normalized spacial score (nSPS) is 19.2. The van der Waals surface area contributed by atoms with Crippen LogP contribution in [-0.2, 0) is 5.54 Å². The molecule has 0 aliphatic heterocycles. The molecule has 1 aliphatic rings. The molecule has 0 amide bonds. The van der Waals surface area contributed by atoms with E-state index in [9.17, 15) is 0 Å². The fraction of sp³-hybridized carbons (Fsp3) is 0.333. The smallest absolute Gasteiger partial charge is 0.113 e. The summed E-state index contributed by atoms with van der Waals surface area (Å²) in [6.45, 7) is 0. The van der Waals surface area contributed by atoms with Crippen LogP contribution >= 0.6 is 0 Å². The zero-order chi connectivity index (χ0) is 8.89. The lowest BCUT2D eigenvalue weighted by molar-refractivity contribution is 0.706. The molecule has 13 heavy (non-hydrogen) atoms. The number of hydrogen-bond acceptors (Lipinski definition) is 3. The lowest BCUT2D eigenvalue weighted by Gasteiger charge is -2.03. The third-order valence-electron chi connectivity index (χ3n) is 2.60. The Morgan fingerprint density at radius 1 is 1.46 bits per heavy atom. The molecule has 4 nitrogen and oxygen atoms in total. The highest BCUT2D eigenvalue weighted by molar-refractivity contribution is 5.77. The highest BCUT2D eigenvalue weighted by Crippen LogP contribution is 2.43. The first-order chi connectivity index (χ1) is 6.30. The Morgan fingerprint density at radius 2 is 2.31 bits per heavy atom. The molecule has 3 N–H and O–H groups in total. The van der Waals surface area contributed by atoms with Gasteiger partial charge in [0.2, 0.25) is 0 Å². The highest BCUT2D eigenvalue weighted by atomic mass is 15.2. The first-order valence-corrected chi connectivity index (χ1v) is 4.38. The average Bonchev–Trinajstić information content (AvgIpc) is 2.76. The summed E-state index contributed by atoms with van der Waals surface area (Å²) in [6.07, 6.45) is 3.83. The third kappa shape index (κ3) is 0.890. The molecule has 0 saturated heterocycles. The Bertz CT molecular complexity index is 455. The van der Waals surface area contributed by atoms with Crippen molar-refractivity contribution in [2.75, 3.05) is 0 Å². The second kappa shape index (κ2) is 2.09. The quantitative estimate of drug-likeness (QED) is 0.675. The number of rotatable bonds is 1. The molecular formula is C9H10N4. The van der Waals surface area contributed by atoms with Crippen LogP contribution in [0.1, 0.15) is 18.5 Å². The molecule has 0 atom stereocenters. The maximum atomic E-state index is 6.07. The zero-order valence-electron chi connectivity index (χ0n) is 7.12. The van der Waals surface area contributed by atoms with E-state index in [0.717, 1.165) is 29.6 Å². The van der Waals surface area contributed by atoms with Crippen molar-refractivity contribution in [3.05, 3.63) is 24.0 Å². The number of nitrogens with two attached hydrogens (primary N) is 1. The Hall–Kier alpha value is -1.42. The van der Waals surface area contributed by atoms with Gasteiger partial charge in [-0.1, -0.05) is 0 Å². The summed E-state index contributed by atoms with van der Waals surface area (Å²) in [5.74, 6) is 0. The molecule has 0 unspecified atom stereocenters. The molecule has 0 aromatic carbocycles. The van der Waals surface area contributed by atoms with E-state index in [4.69, 9.17) is 5.73 Å². The highest BCUT2D eigenvalue weighted by Gasteiger charge is 2.43. The van der Waals surface area contributed by atoms with E-state index >= 15 is 0 Å². The van der Waals surface area contributed by atoms with Crippen LogP contribution in [0.3, 0.4) is 0 Å². The molecule has 2 aromatic heterocycles. The molecule has 0 spiro atoms. The van der Waals surface area contributed by atoms with E-state index < -0.39 is 0 Å². The number of nitrogens with zero attached hydrogens (tertiary/aromatic N) is 2. The summed E-state index contributed by atoms with van der Waals surface area (Å²) in [5, 5.41) is 7.14. The number of pyridine rings is 1. The van der Waals surface area contributed by atoms with Crippen LogP contribution in [-0.4, -0.2) is 15.2 Å². The molecule has 1 aliphatic carbocycles. The third-order valence-corrected chi connectivity index (χ3v) is 2.60. The minimum absolute atomic E-state index is 0.177. The van der Waals surface area contributed by atoms with Crippen LogP contribution in [0.25, 0.3) is 11.0 Å². The fourth-order valence-electron chi connectivity index (χ4n) is 1.58. The molecule has 1 saturated carbocycles. The van der Waals surface area contributed by atoms with E-state index in [2.05, 4.69) is 15.2 Å². The average molecular weight is 174 g/mol. The molecule has 3 rings (SSSR count). The molecule has 2 heterocycles. The van der Waals surface area contributed by atoms with E-state index in [-0.39, 0.29) is 5.54 Å². The number of aromatic nitrogens is 3. The minimum atomic E-state index is -0.177. The Kier molecular flexibility index (Phi) is 1.13. The van der Waals surface area contributed by atoms with Crippen LogP contribution in [0, 0.1) is 0 Å². The lowest BCUT2D eigenvalue weighted by atomic mass is 10.1. The van der Waals surface area contributed by atoms with Gasteiger partial charge in [-0.05, 0) is 25.0 Å². The second-order valence-electron chi connectivity index (χ2n) is 3.63. The van der Waals surface area contributed by atoms with Crippen LogP contribution in [0.4, 0.5) is 0 Å². The predicted octanol–water partition coefficient (Wildman–Crippen LogP) is 0.906. The molecule has 66 valence electrons. The van der Waals surface area contributed by atoms with Crippen molar-refractivity contribution in [2.45, 2.75) is 18.4 Å². The van der Waals surface area contributed by atoms with Crippen LogP contribution in [0.15, 0.2) is 18.3 Å². The van der Waals surface area contributed by atoms with Gasteiger partial charge < -0.3 is 5.73 Å². The Labute approximate surface area is 75.2 Å². The van der Waals surface area contributed by atoms with Gasteiger partial charge in [-0.25, -0.2) is 0 Å². The first-order valence-electron chi connectivity index (χ1n) is 4.38. The number of aromatic amines is 1. The van der Waals surface area contributed by atoms with Crippen molar-refractivity contribution >= 4 is 11.0 Å². The summed E-state index contributed by atoms with van der Waals surface area (Å²) in [4.78, 5) is 4.27. The van der Waals surface area contributed by atoms with Gasteiger partial charge in [0.25, 0.3) is 0 Å². The van der Waals surface area contributed by atoms with Gasteiger partial charge >= 0.3 is 0 Å². The summed E-state index contributed by atoms with van der Waals surface area (Å²) < 4.78 is 0. The molecule has 0 bridgehead atoms. The molecular weight excluding hydrogens is 164 g/mol. The van der Waals surface area contributed by atoms with Gasteiger partial charge in [0.05, 0.1) is 11.2 Å². The fourth-order valence-corrected chi connectivity index (χ4v) is 1.58. The van der Waals surface area contributed by atoms with Gasteiger partial charge in [-0.3, -0.25) is 10.1 Å². The number of nitrogens with one attached hydrogen (secondary N) is 1. The lowest BCUT2D eigenvalue weighted by Crippen LogP contribution is -2.19. The van der Waals surface area contributed by atoms with Crippen molar-refractivity contribution in [1.29, 1.82) is 0 Å². The molecule has 0 radical (unpaired) electrons. The number of hydrogen-bond donors (Lipinski definition) is 2. The standard InChI is InChI=1S/C9H10N4/c10-9(3-4-9)8-7-6(12-13-8)2-1-5-11-7/h1-2,5H,3-4,10H2,(H,12,13). The second-order valence-corrected chi connectivity index (χ2v) is 3.63. The van der Waals surface area contributed by atoms with Crippen LogP contribution < -0.4 is 5.73 Å². The Balaban J connectivity index is 2.30. The minimum Gasteiger partial charge on any atom is -0.320 e. The summed E-state index contributed by atoms with van der Waals surface area (Å²) in [6, 6.07) is 3.82. The summed E-state index contributed by atoms with van der Waals surface area (Å²) >= 11 is 0. The van der Waals surface area contributed by atoms with Crippen molar-refractivity contribution in [3.63, 3.8) is 0 Å². The van der Waals surface area contributed by atoms with Crippen LogP contribution in [0.2, 0.25) is 0 Å². The van der Waals surface area contributed by atoms with Crippen molar-refractivity contribution < 1.29 is 0 Å². The van der Waals surface area contributed by atoms with E-state index in [1.165, 1.54) is 0 Å². The van der Waals surface area contributed by atoms with Crippen LogP contribution in [0.5, 0.6) is 0 Å². The van der Waals surface area contributed by atoms with Gasteiger partial charge in [0.1, 0.15) is 11.0 Å². The largest absolute Gasteiger partial charge is 0.320 e. The molecule has 4 heteroatoms. The van der Waals surface area contributed by atoms with Crippen molar-refractivity contribution in [3.8, 4) is 0 Å². The van der Waals surface area contributed by atoms with E-state index in [1.54, 1.807) is 6.20 Å². The molecule has 2 aromatic rings. The topological polar surface area (TPSA) is 67.6 Å². The SMILES string of the molecule is NC1(c2[nH]nc3cccnc23)CC1. The van der Waals surface area contributed by atoms with Gasteiger partial charge in [-0.2, -0.15) is 5.10 Å². The van der Waals surface area contributed by atoms with Gasteiger partial charge in [0.15, 0.2) is 0 Å². The zero-order valence-corrected chi connectivity index (χ0v) is 7.12. The van der Waals surface area contributed by atoms with E-state index in [1.807, 2.05) is 12.1 Å². The van der Waals surface area contributed by atoms with E-state index in [0.29, 0.717) is 0 Å². The van der Waals surface area contributed by atoms with Gasteiger partial charge in [-0.15, -0.1) is 0 Å². The molecule has 1 fully saturated rings. The summed E-state index contributed by atoms with van der Waals surface area (Å²) in [7, 11) is 0. The summed E-state index contributed by atoms with van der Waals surface area (Å²) in [5.41, 5.74) is 8.70. The van der Waals surface area contributed by atoms with Gasteiger partial charge in [0, 0.05) is 6.20 Å². The monoisotopic (exact) mass is 174 g/mol. The maximum absolute atomic E-state index is 6.07. The first kappa shape index (κ1) is 7.03. The van der Waals surface area contributed by atoms with Crippen molar-refractivity contribution in [1.82, 2.24) is 15.2 Å². The number of fused-ring (bicyclic) bond motifs is 1. The number of H-pyrrole nitrogens is 1. The maximum Gasteiger partial charge on any atom is 0.113 e. The predicted molar refractivity (Wildman–Crippen MR) is 49.0 cm³/mol. The van der Waals surface area contributed by atoms with Crippen molar-refractivity contribution in [2.24, 2.45) is 5.73 Å².